The smallest absolute Gasteiger partial charge is 0.226 e. The fraction of sp³-hybridized carbons (Fsp3) is 0.316. The van der Waals surface area contributed by atoms with E-state index in [2.05, 4.69) is 0 Å². The molecule has 0 saturated heterocycles. The summed E-state index contributed by atoms with van der Waals surface area (Å²) in [6.45, 7) is 4.54. The van der Waals surface area contributed by atoms with Gasteiger partial charge in [0.1, 0.15) is 11.6 Å². The molecule has 0 aliphatic rings. The molecule has 1 amide bonds. The van der Waals surface area contributed by atoms with Crippen LogP contribution in [0.15, 0.2) is 42.5 Å². The Hall–Kier alpha value is -2.36. The number of rotatable bonds is 6. The van der Waals surface area contributed by atoms with Gasteiger partial charge in [-0.25, -0.2) is 4.39 Å². The molecular formula is C19H22FNO2. The lowest BCUT2D eigenvalue weighted by molar-refractivity contribution is -0.130. The maximum Gasteiger partial charge on any atom is 0.226 e. The Morgan fingerprint density at radius 3 is 2.65 bits per heavy atom. The van der Waals surface area contributed by atoms with E-state index in [4.69, 9.17) is 4.74 Å². The van der Waals surface area contributed by atoms with Crippen LogP contribution in [0.25, 0.3) is 0 Å². The molecular weight excluding hydrogens is 293 g/mol. The SMILES string of the molecule is Cc1ccc(C)c(OCCC(=O)N(C)Cc2ccccc2F)c1. The van der Waals surface area contributed by atoms with Crippen LogP contribution in [0, 0.1) is 19.7 Å². The number of hydrogen-bond donors (Lipinski definition) is 0. The van der Waals surface area contributed by atoms with E-state index < -0.39 is 0 Å². The van der Waals surface area contributed by atoms with Gasteiger partial charge < -0.3 is 9.64 Å². The molecule has 0 radical (unpaired) electrons. The van der Waals surface area contributed by atoms with Crippen molar-refractivity contribution in [2.75, 3.05) is 13.7 Å². The molecule has 0 atom stereocenters. The standard InChI is InChI=1S/C19H22FNO2/c1-14-8-9-15(2)18(12-14)23-11-10-19(22)21(3)13-16-6-4-5-7-17(16)20/h4-9,12H,10-11,13H2,1-3H3. The summed E-state index contributed by atoms with van der Waals surface area (Å²) in [6, 6.07) is 12.5. The lowest BCUT2D eigenvalue weighted by Gasteiger charge is -2.18. The predicted molar refractivity (Wildman–Crippen MR) is 88.9 cm³/mol. The number of halogens is 1. The van der Waals surface area contributed by atoms with Crippen molar-refractivity contribution in [1.29, 1.82) is 0 Å². The van der Waals surface area contributed by atoms with Crippen molar-refractivity contribution in [1.82, 2.24) is 4.90 Å². The number of carbonyl (C=O) groups excluding carboxylic acids is 1. The number of carbonyl (C=O) groups is 1. The molecule has 0 heterocycles. The molecule has 0 spiro atoms. The van der Waals surface area contributed by atoms with Gasteiger partial charge in [-0.1, -0.05) is 30.3 Å². The van der Waals surface area contributed by atoms with Crippen LogP contribution in [0.4, 0.5) is 4.39 Å². The highest BCUT2D eigenvalue weighted by Gasteiger charge is 2.12. The first kappa shape index (κ1) is 17.0. The van der Waals surface area contributed by atoms with E-state index in [0.29, 0.717) is 12.2 Å². The molecule has 0 bridgehead atoms. The third kappa shape index (κ3) is 4.81. The van der Waals surface area contributed by atoms with E-state index in [1.54, 1.807) is 25.2 Å². The first-order valence-corrected chi connectivity index (χ1v) is 7.65. The molecule has 4 heteroatoms. The molecule has 122 valence electrons. The minimum absolute atomic E-state index is 0.0708. The minimum atomic E-state index is -0.293. The monoisotopic (exact) mass is 315 g/mol. The Morgan fingerprint density at radius 2 is 1.91 bits per heavy atom. The predicted octanol–water partition coefficient (Wildman–Crippen LogP) is 3.87. The zero-order valence-corrected chi connectivity index (χ0v) is 13.8. The fourth-order valence-electron chi connectivity index (χ4n) is 2.27. The summed E-state index contributed by atoms with van der Waals surface area (Å²) in [5.74, 6) is 0.437. The largest absolute Gasteiger partial charge is 0.493 e. The maximum absolute atomic E-state index is 13.6. The second-order valence-corrected chi connectivity index (χ2v) is 5.71. The quantitative estimate of drug-likeness (QED) is 0.810. The zero-order valence-electron chi connectivity index (χ0n) is 13.8. The Labute approximate surface area is 136 Å². The number of benzene rings is 2. The zero-order chi connectivity index (χ0) is 16.8. The maximum atomic E-state index is 13.6. The molecule has 2 rings (SSSR count). The van der Waals surface area contributed by atoms with E-state index in [9.17, 15) is 9.18 Å². The van der Waals surface area contributed by atoms with Crippen LogP contribution in [-0.2, 0) is 11.3 Å². The van der Waals surface area contributed by atoms with Crippen molar-refractivity contribution in [2.45, 2.75) is 26.8 Å². The van der Waals surface area contributed by atoms with Crippen LogP contribution < -0.4 is 4.74 Å². The molecule has 0 fully saturated rings. The van der Waals surface area contributed by atoms with Gasteiger partial charge in [-0.2, -0.15) is 0 Å². The molecule has 23 heavy (non-hydrogen) atoms. The Morgan fingerprint density at radius 1 is 1.17 bits per heavy atom. The third-order valence-electron chi connectivity index (χ3n) is 3.71. The second-order valence-electron chi connectivity index (χ2n) is 5.71. The van der Waals surface area contributed by atoms with E-state index in [0.717, 1.165) is 16.9 Å². The van der Waals surface area contributed by atoms with Crippen LogP contribution in [0.3, 0.4) is 0 Å². The second kappa shape index (κ2) is 7.77. The van der Waals surface area contributed by atoms with Gasteiger partial charge in [0.15, 0.2) is 0 Å². The molecule has 0 aliphatic carbocycles. The number of aryl methyl sites for hydroxylation is 2. The minimum Gasteiger partial charge on any atom is -0.493 e. The van der Waals surface area contributed by atoms with Gasteiger partial charge in [0.05, 0.1) is 13.0 Å². The number of nitrogens with zero attached hydrogens (tertiary/aromatic N) is 1. The van der Waals surface area contributed by atoms with Crippen LogP contribution >= 0.6 is 0 Å². The summed E-state index contributed by atoms with van der Waals surface area (Å²) in [5.41, 5.74) is 2.68. The van der Waals surface area contributed by atoms with Gasteiger partial charge >= 0.3 is 0 Å². The summed E-state index contributed by atoms with van der Waals surface area (Å²) >= 11 is 0. The molecule has 3 nitrogen and oxygen atoms in total. The van der Waals surface area contributed by atoms with E-state index >= 15 is 0 Å². The van der Waals surface area contributed by atoms with Crippen LogP contribution in [0.5, 0.6) is 5.75 Å². The molecule has 0 N–H and O–H groups in total. The van der Waals surface area contributed by atoms with E-state index in [1.807, 2.05) is 32.0 Å². The molecule has 0 unspecified atom stereocenters. The van der Waals surface area contributed by atoms with Crippen molar-refractivity contribution in [3.05, 3.63) is 65.0 Å². The first-order chi connectivity index (χ1) is 11.0. The summed E-state index contributed by atoms with van der Waals surface area (Å²) in [5, 5.41) is 0. The number of hydrogen-bond acceptors (Lipinski definition) is 2. The summed E-state index contributed by atoms with van der Waals surface area (Å²) < 4.78 is 19.3. The first-order valence-electron chi connectivity index (χ1n) is 7.65. The molecule has 0 aliphatic heterocycles. The Kier molecular flexibility index (Phi) is 5.74. The average Bonchev–Trinajstić information content (AvgIpc) is 2.52. The van der Waals surface area contributed by atoms with Crippen molar-refractivity contribution < 1.29 is 13.9 Å². The Bertz CT molecular complexity index is 685. The topological polar surface area (TPSA) is 29.5 Å². The highest BCUT2D eigenvalue weighted by Crippen LogP contribution is 2.19. The van der Waals surface area contributed by atoms with Gasteiger partial charge in [-0.3, -0.25) is 4.79 Å². The average molecular weight is 315 g/mol. The molecule has 0 aromatic heterocycles. The lowest BCUT2D eigenvalue weighted by atomic mass is 10.1. The Balaban J connectivity index is 1.84. The van der Waals surface area contributed by atoms with Gasteiger partial charge in [0, 0.05) is 19.2 Å². The van der Waals surface area contributed by atoms with E-state index in [-0.39, 0.29) is 24.7 Å². The normalized spacial score (nSPS) is 10.4. The van der Waals surface area contributed by atoms with Crippen LogP contribution in [-0.4, -0.2) is 24.5 Å². The van der Waals surface area contributed by atoms with Gasteiger partial charge in [0.2, 0.25) is 5.91 Å². The summed E-state index contributed by atoms with van der Waals surface area (Å²) in [4.78, 5) is 13.6. The molecule has 2 aromatic rings. The highest BCUT2D eigenvalue weighted by atomic mass is 19.1. The summed E-state index contributed by atoms with van der Waals surface area (Å²) in [6.07, 6.45) is 0.262. The summed E-state index contributed by atoms with van der Waals surface area (Å²) in [7, 11) is 1.67. The van der Waals surface area contributed by atoms with Gasteiger partial charge in [0.25, 0.3) is 0 Å². The van der Waals surface area contributed by atoms with Crippen molar-refractivity contribution >= 4 is 5.91 Å². The van der Waals surface area contributed by atoms with Gasteiger partial charge in [-0.15, -0.1) is 0 Å². The highest BCUT2D eigenvalue weighted by molar-refractivity contribution is 5.76. The van der Waals surface area contributed by atoms with Crippen LogP contribution in [0.1, 0.15) is 23.1 Å². The third-order valence-corrected chi connectivity index (χ3v) is 3.71. The number of ether oxygens (including phenoxy) is 1. The van der Waals surface area contributed by atoms with Crippen molar-refractivity contribution in [3.8, 4) is 5.75 Å². The van der Waals surface area contributed by atoms with E-state index in [1.165, 1.54) is 11.0 Å². The van der Waals surface area contributed by atoms with Crippen LogP contribution in [0.2, 0.25) is 0 Å². The molecule has 0 saturated carbocycles. The lowest BCUT2D eigenvalue weighted by Crippen LogP contribution is -2.27. The van der Waals surface area contributed by atoms with Crippen molar-refractivity contribution in [3.63, 3.8) is 0 Å². The van der Waals surface area contributed by atoms with Crippen molar-refractivity contribution in [2.24, 2.45) is 0 Å². The van der Waals surface area contributed by atoms with Gasteiger partial charge in [-0.05, 0) is 37.1 Å². The number of amides is 1. The fourth-order valence-corrected chi connectivity index (χ4v) is 2.27. The molecule has 2 aromatic carbocycles.